The number of thiophene rings is 1. The quantitative estimate of drug-likeness (QED) is 0.596. The Hall–Kier alpha value is -2.16. The Morgan fingerprint density at radius 2 is 2.18 bits per heavy atom. The first kappa shape index (κ1) is 19.2. The van der Waals surface area contributed by atoms with E-state index < -0.39 is 0 Å². The molecule has 6 nitrogen and oxygen atoms in total. The van der Waals surface area contributed by atoms with Crippen molar-refractivity contribution >= 4 is 29.0 Å². The number of carbonyl (C=O) groups is 1. The monoisotopic (exact) mass is 414 g/mol. The van der Waals surface area contributed by atoms with E-state index in [9.17, 15) is 4.79 Å². The molecule has 1 aliphatic heterocycles. The van der Waals surface area contributed by atoms with Gasteiger partial charge in [-0.3, -0.25) is 9.36 Å². The molecule has 0 unspecified atom stereocenters. The SMILES string of the molecule is C[C@@H](Sc1nnc(-c2cccs2)n1-c1ccccc1)C(=O)NC[C@H]1CCCO1. The van der Waals surface area contributed by atoms with Crippen LogP contribution in [0.5, 0.6) is 0 Å². The second kappa shape index (κ2) is 8.89. The molecule has 0 saturated carbocycles. The van der Waals surface area contributed by atoms with Crippen LogP contribution in [0.4, 0.5) is 0 Å². The van der Waals surface area contributed by atoms with Crippen molar-refractivity contribution in [1.82, 2.24) is 20.1 Å². The van der Waals surface area contributed by atoms with E-state index in [4.69, 9.17) is 4.74 Å². The first-order valence-corrected chi connectivity index (χ1v) is 11.1. The van der Waals surface area contributed by atoms with Gasteiger partial charge in [0.15, 0.2) is 11.0 Å². The maximum absolute atomic E-state index is 12.5. The van der Waals surface area contributed by atoms with Gasteiger partial charge in [0, 0.05) is 18.8 Å². The highest BCUT2D eigenvalue weighted by Gasteiger charge is 2.23. The first-order chi connectivity index (χ1) is 13.7. The minimum absolute atomic E-state index is 0.0132. The highest BCUT2D eigenvalue weighted by atomic mass is 32.2. The Morgan fingerprint density at radius 1 is 1.32 bits per heavy atom. The minimum Gasteiger partial charge on any atom is -0.376 e. The summed E-state index contributed by atoms with van der Waals surface area (Å²) in [6.07, 6.45) is 2.21. The number of para-hydroxylation sites is 1. The summed E-state index contributed by atoms with van der Waals surface area (Å²) in [6, 6.07) is 14.0. The van der Waals surface area contributed by atoms with Gasteiger partial charge in [-0.1, -0.05) is 36.0 Å². The van der Waals surface area contributed by atoms with Crippen LogP contribution in [0.15, 0.2) is 53.0 Å². The van der Waals surface area contributed by atoms with Crippen LogP contribution in [-0.4, -0.2) is 45.2 Å². The number of thioether (sulfide) groups is 1. The number of nitrogens with zero attached hydrogens (tertiary/aromatic N) is 3. The van der Waals surface area contributed by atoms with Gasteiger partial charge in [-0.05, 0) is 43.3 Å². The zero-order chi connectivity index (χ0) is 19.3. The van der Waals surface area contributed by atoms with Crippen LogP contribution in [0.25, 0.3) is 16.4 Å². The van der Waals surface area contributed by atoms with Gasteiger partial charge in [-0.2, -0.15) is 0 Å². The highest BCUT2D eigenvalue weighted by Crippen LogP contribution is 2.32. The fourth-order valence-electron chi connectivity index (χ4n) is 3.10. The Kier molecular flexibility index (Phi) is 6.09. The van der Waals surface area contributed by atoms with Gasteiger partial charge in [0.1, 0.15) is 0 Å². The van der Waals surface area contributed by atoms with E-state index in [0.29, 0.717) is 11.7 Å². The lowest BCUT2D eigenvalue weighted by molar-refractivity contribution is -0.120. The van der Waals surface area contributed by atoms with Gasteiger partial charge < -0.3 is 10.1 Å². The van der Waals surface area contributed by atoms with Gasteiger partial charge in [-0.25, -0.2) is 0 Å². The van der Waals surface area contributed by atoms with E-state index >= 15 is 0 Å². The Bertz CT molecular complexity index is 906. The summed E-state index contributed by atoms with van der Waals surface area (Å²) in [4.78, 5) is 13.6. The predicted molar refractivity (Wildman–Crippen MR) is 112 cm³/mol. The smallest absolute Gasteiger partial charge is 0.233 e. The topological polar surface area (TPSA) is 69.0 Å². The molecular weight excluding hydrogens is 392 g/mol. The lowest BCUT2D eigenvalue weighted by Crippen LogP contribution is -2.36. The molecule has 2 atom stereocenters. The van der Waals surface area contributed by atoms with Gasteiger partial charge in [0.25, 0.3) is 0 Å². The van der Waals surface area contributed by atoms with Crippen LogP contribution in [0.3, 0.4) is 0 Å². The summed E-state index contributed by atoms with van der Waals surface area (Å²) in [5.41, 5.74) is 0.977. The minimum atomic E-state index is -0.288. The fourth-order valence-corrected chi connectivity index (χ4v) is 4.69. The number of carbonyl (C=O) groups excluding carboxylic acids is 1. The molecule has 1 aromatic carbocycles. The molecule has 1 N–H and O–H groups in total. The number of nitrogens with one attached hydrogen (secondary N) is 1. The summed E-state index contributed by atoms with van der Waals surface area (Å²) >= 11 is 3.03. The normalized spacial score (nSPS) is 17.5. The summed E-state index contributed by atoms with van der Waals surface area (Å²) in [6.45, 7) is 3.25. The zero-order valence-corrected chi connectivity index (χ0v) is 17.2. The molecule has 0 bridgehead atoms. The van der Waals surface area contributed by atoms with Crippen molar-refractivity contribution < 1.29 is 9.53 Å². The molecule has 0 radical (unpaired) electrons. The molecule has 28 heavy (non-hydrogen) atoms. The maximum atomic E-state index is 12.5. The molecule has 2 aromatic heterocycles. The predicted octanol–water partition coefficient (Wildman–Crippen LogP) is 3.77. The van der Waals surface area contributed by atoms with Gasteiger partial charge >= 0.3 is 0 Å². The largest absolute Gasteiger partial charge is 0.376 e. The van der Waals surface area contributed by atoms with Crippen molar-refractivity contribution in [3.63, 3.8) is 0 Å². The molecular formula is C20H22N4O2S2. The van der Waals surface area contributed by atoms with Crippen LogP contribution in [0.2, 0.25) is 0 Å². The lowest BCUT2D eigenvalue weighted by Gasteiger charge is -2.15. The second-order valence-corrected chi connectivity index (χ2v) is 8.85. The molecule has 1 saturated heterocycles. The Labute approximate surface area is 172 Å². The molecule has 4 rings (SSSR count). The number of ether oxygens (including phenoxy) is 1. The van der Waals surface area contributed by atoms with E-state index in [1.165, 1.54) is 11.8 Å². The molecule has 3 aromatic rings. The number of rotatable bonds is 7. The molecule has 8 heteroatoms. The number of aromatic nitrogens is 3. The third-order valence-corrected chi connectivity index (χ3v) is 6.48. The van der Waals surface area contributed by atoms with Gasteiger partial charge in [0.05, 0.1) is 16.2 Å². The fraction of sp³-hybridized carbons (Fsp3) is 0.350. The van der Waals surface area contributed by atoms with E-state index in [2.05, 4.69) is 15.5 Å². The summed E-state index contributed by atoms with van der Waals surface area (Å²) in [5.74, 6) is 0.774. The van der Waals surface area contributed by atoms with Crippen molar-refractivity contribution in [3.8, 4) is 16.4 Å². The number of hydrogen-bond acceptors (Lipinski definition) is 6. The van der Waals surface area contributed by atoms with Crippen molar-refractivity contribution in [1.29, 1.82) is 0 Å². The summed E-state index contributed by atoms with van der Waals surface area (Å²) < 4.78 is 7.59. The first-order valence-electron chi connectivity index (χ1n) is 9.33. The highest BCUT2D eigenvalue weighted by molar-refractivity contribution is 8.00. The van der Waals surface area contributed by atoms with Gasteiger partial charge in [-0.15, -0.1) is 21.5 Å². The third kappa shape index (κ3) is 4.29. The third-order valence-electron chi connectivity index (χ3n) is 4.57. The van der Waals surface area contributed by atoms with Gasteiger partial charge in [0.2, 0.25) is 5.91 Å². The maximum Gasteiger partial charge on any atom is 0.233 e. The average molecular weight is 415 g/mol. The number of benzene rings is 1. The van der Waals surface area contributed by atoms with E-state index in [1.807, 2.05) is 59.3 Å². The molecule has 1 aliphatic rings. The van der Waals surface area contributed by atoms with E-state index in [0.717, 1.165) is 35.8 Å². The molecule has 0 spiro atoms. The standard InChI is InChI=1S/C20H22N4O2S2/c1-14(19(25)21-13-16-9-5-11-26-16)28-20-23-22-18(17-10-6-12-27-17)24(20)15-7-3-2-4-8-15/h2-4,6-8,10,12,14,16H,5,9,11,13H2,1H3,(H,21,25)/t14-,16-/m1/s1. The van der Waals surface area contributed by atoms with Crippen molar-refractivity contribution in [2.45, 2.75) is 36.3 Å². The Morgan fingerprint density at radius 3 is 2.89 bits per heavy atom. The molecule has 0 aliphatic carbocycles. The number of amides is 1. The summed E-state index contributed by atoms with van der Waals surface area (Å²) in [5, 5.41) is 14.2. The van der Waals surface area contributed by atoms with Crippen LogP contribution in [0, 0.1) is 0 Å². The molecule has 3 heterocycles. The zero-order valence-electron chi connectivity index (χ0n) is 15.6. The molecule has 1 amide bonds. The van der Waals surface area contributed by atoms with Crippen LogP contribution >= 0.6 is 23.1 Å². The van der Waals surface area contributed by atoms with Crippen molar-refractivity contribution in [3.05, 3.63) is 47.8 Å². The van der Waals surface area contributed by atoms with Crippen LogP contribution in [0.1, 0.15) is 19.8 Å². The number of hydrogen-bond donors (Lipinski definition) is 1. The van der Waals surface area contributed by atoms with Crippen molar-refractivity contribution in [2.24, 2.45) is 0 Å². The lowest BCUT2D eigenvalue weighted by atomic mass is 10.2. The van der Waals surface area contributed by atoms with Crippen molar-refractivity contribution in [2.75, 3.05) is 13.2 Å². The van der Waals surface area contributed by atoms with E-state index in [-0.39, 0.29) is 17.3 Å². The molecule has 146 valence electrons. The van der Waals surface area contributed by atoms with Crippen LogP contribution in [-0.2, 0) is 9.53 Å². The summed E-state index contributed by atoms with van der Waals surface area (Å²) in [7, 11) is 0. The van der Waals surface area contributed by atoms with E-state index in [1.54, 1.807) is 11.3 Å². The second-order valence-electron chi connectivity index (χ2n) is 6.59. The van der Waals surface area contributed by atoms with Crippen LogP contribution < -0.4 is 5.32 Å². The molecule has 1 fully saturated rings. The Balaban J connectivity index is 1.53. The average Bonchev–Trinajstić information content (AvgIpc) is 3.47.